The van der Waals surface area contributed by atoms with Crippen LogP contribution in [0.15, 0.2) is 46.9 Å². The number of thioether (sulfide) groups is 1. The lowest BCUT2D eigenvalue weighted by Gasteiger charge is -2.11. The Morgan fingerprint density at radius 3 is 2.96 bits per heavy atom. The molecule has 0 saturated carbocycles. The van der Waals surface area contributed by atoms with Gasteiger partial charge in [-0.25, -0.2) is 9.07 Å². The number of hydrogen-bond donors (Lipinski definition) is 2. The van der Waals surface area contributed by atoms with Gasteiger partial charge in [-0.3, -0.25) is 4.79 Å². The summed E-state index contributed by atoms with van der Waals surface area (Å²) in [6.45, 7) is 2.26. The van der Waals surface area contributed by atoms with E-state index in [2.05, 4.69) is 15.5 Å². The Hall–Kier alpha value is -2.39. The molecule has 130 valence electrons. The van der Waals surface area contributed by atoms with Crippen LogP contribution in [0.2, 0.25) is 0 Å². The first kappa shape index (κ1) is 17.4. The Balaban J connectivity index is 1.65. The van der Waals surface area contributed by atoms with E-state index in [9.17, 15) is 9.18 Å². The highest BCUT2D eigenvalue weighted by atomic mass is 32.2. The van der Waals surface area contributed by atoms with Crippen LogP contribution >= 0.6 is 23.1 Å². The first-order valence-electron chi connectivity index (χ1n) is 7.48. The molecule has 1 aromatic carbocycles. The number of amides is 1. The first-order valence-corrected chi connectivity index (χ1v) is 9.23. The van der Waals surface area contributed by atoms with Crippen molar-refractivity contribution in [3.05, 3.63) is 52.5 Å². The molecule has 0 fully saturated rings. The van der Waals surface area contributed by atoms with E-state index in [4.69, 9.17) is 5.84 Å². The molecular weight excluding hydrogens is 361 g/mol. The van der Waals surface area contributed by atoms with Crippen molar-refractivity contribution < 1.29 is 9.18 Å². The number of nitrogens with two attached hydrogens (primary N) is 1. The van der Waals surface area contributed by atoms with Gasteiger partial charge in [-0.1, -0.05) is 30.0 Å². The standard InChI is InChI=1S/C16H16FN5OS2/c1-10(15(23)19-9-13-6-3-7-24-13)25-16-21-20-14(22(16)18)11-4-2-5-12(17)8-11/h2-8,10H,9,18H2,1H3,(H,19,23)/t10-/m1/s1. The van der Waals surface area contributed by atoms with Gasteiger partial charge in [0.25, 0.3) is 0 Å². The summed E-state index contributed by atoms with van der Waals surface area (Å²) < 4.78 is 14.6. The minimum atomic E-state index is -0.396. The second kappa shape index (κ2) is 7.66. The molecule has 3 rings (SSSR count). The molecule has 1 amide bonds. The van der Waals surface area contributed by atoms with Crippen LogP contribution in [-0.4, -0.2) is 26.0 Å². The number of aromatic nitrogens is 3. The van der Waals surface area contributed by atoms with Crippen LogP contribution in [-0.2, 0) is 11.3 Å². The number of benzene rings is 1. The number of thiophene rings is 1. The van der Waals surface area contributed by atoms with Gasteiger partial charge >= 0.3 is 0 Å². The van der Waals surface area contributed by atoms with Crippen LogP contribution in [0, 0.1) is 5.82 Å². The topological polar surface area (TPSA) is 85.8 Å². The zero-order chi connectivity index (χ0) is 17.8. The normalized spacial score (nSPS) is 12.1. The number of halogens is 1. The Morgan fingerprint density at radius 2 is 2.24 bits per heavy atom. The van der Waals surface area contributed by atoms with Gasteiger partial charge < -0.3 is 11.2 Å². The highest BCUT2D eigenvalue weighted by molar-refractivity contribution is 8.00. The van der Waals surface area contributed by atoms with Crippen LogP contribution in [0.5, 0.6) is 0 Å². The second-order valence-electron chi connectivity index (χ2n) is 5.24. The van der Waals surface area contributed by atoms with E-state index in [1.54, 1.807) is 30.4 Å². The minimum Gasteiger partial charge on any atom is -0.350 e. The lowest BCUT2D eigenvalue weighted by Crippen LogP contribution is -2.30. The molecule has 6 nitrogen and oxygen atoms in total. The lowest BCUT2D eigenvalue weighted by atomic mass is 10.2. The Bertz CT molecular complexity index is 865. The summed E-state index contributed by atoms with van der Waals surface area (Å²) in [7, 11) is 0. The summed E-state index contributed by atoms with van der Waals surface area (Å²) in [5, 5.41) is 12.8. The van der Waals surface area contributed by atoms with E-state index in [0.717, 1.165) is 4.88 Å². The highest BCUT2D eigenvalue weighted by Gasteiger charge is 2.20. The molecule has 0 spiro atoms. The fourth-order valence-electron chi connectivity index (χ4n) is 2.12. The summed E-state index contributed by atoms with van der Waals surface area (Å²) >= 11 is 2.78. The largest absolute Gasteiger partial charge is 0.350 e. The smallest absolute Gasteiger partial charge is 0.233 e. The van der Waals surface area contributed by atoms with Gasteiger partial charge in [-0.05, 0) is 30.5 Å². The fraction of sp³-hybridized carbons (Fsp3) is 0.188. The third kappa shape index (κ3) is 4.18. The molecule has 9 heteroatoms. The number of rotatable bonds is 6. The summed E-state index contributed by atoms with van der Waals surface area (Å²) in [5.41, 5.74) is 0.525. The van der Waals surface area contributed by atoms with E-state index < -0.39 is 5.25 Å². The number of nitrogen functional groups attached to an aromatic ring is 1. The van der Waals surface area contributed by atoms with Crippen molar-refractivity contribution in [1.29, 1.82) is 0 Å². The first-order chi connectivity index (χ1) is 12.0. The third-order valence-corrected chi connectivity index (χ3v) is 5.35. The molecule has 0 unspecified atom stereocenters. The zero-order valence-electron chi connectivity index (χ0n) is 13.3. The number of nitrogens with zero attached hydrogens (tertiary/aromatic N) is 3. The molecule has 2 aromatic heterocycles. The average Bonchev–Trinajstić information content (AvgIpc) is 3.23. The Morgan fingerprint density at radius 1 is 1.40 bits per heavy atom. The SMILES string of the molecule is C[C@@H](Sc1nnc(-c2cccc(F)c2)n1N)C(=O)NCc1cccs1. The van der Waals surface area contributed by atoms with Crippen molar-refractivity contribution in [3.63, 3.8) is 0 Å². The van der Waals surface area contributed by atoms with E-state index in [1.165, 1.54) is 28.6 Å². The summed E-state index contributed by atoms with van der Waals surface area (Å²) in [6, 6.07) is 9.85. The van der Waals surface area contributed by atoms with Crippen molar-refractivity contribution >= 4 is 29.0 Å². The highest BCUT2D eigenvalue weighted by Crippen LogP contribution is 2.25. The van der Waals surface area contributed by atoms with Gasteiger partial charge in [0.15, 0.2) is 5.82 Å². The second-order valence-corrected chi connectivity index (χ2v) is 7.58. The van der Waals surface area contributed by atoms with Gasteiger partial charge in [0.1, 0.15) is 5.82 Å². The van der Waals surface area contributed by atoms with Gasteiger partial charge in [0, 0.05) is 10.4 Å². The fourth-order valence-corrected chi connectivity index (χ4v) is 3.56. The van der Waals surface area contributed by atoms with E-state index >= 15 is 0 Å². The molecular formula is C16H16FN5OS2. The molecule has 0 aliphatic heterocycles. The summed E-state index contributed by atoms with van der Waals surface area (Å²) in [6.07, 6.45) is 0. The average molecular weight is 377 g/mol. The number of nitrogens with one attached hydrogen (secondary N) is 1. The molecule has 3 N–H and O–H groups in total. The van der Waals surface area contributed by atoms with Crippen LogP contribution < -0.4 is 11.2 Å². The Kier molecular flexibility index (Phi) is 5.34. The van der Waals surface area contributed by atoms with Gasteiger partial charge in [-0.2, -0.15) is 0 Å². The molecule has 25 heavy (non-hydrogen) atoms. The molecule has 0 bridgehead atoms. The maximum Gasteiger partial charge on any atom is 0.233 e. The lowest BCUT2D eigenvalue weighted by molar-refractivity contribution is -0.120. The predicted octanol–water partition coefficient (Wildman–Crippen LogP) is 2.66. The van der Waals surface area contributed by atoms with Crippen LogP contribution in [0.3, 0.4) is 0 Å². The van der Waals surface area contributed by atoms with Gasteiger partial charge in [0.2, 0.25) is 11.1 Å². The maximum absolute atomic E-state index is 13.4. The van der Waals surface area contributed by atoms with E-state index in [1.807, 2.05) is 17.5 Å². The minimum absolute atomic E-state index is 0.117. The van der Waals surface area contributed by atoms with Gasteiger partial charge in [0.05, 0.1) is 11.8 Å². The van der Waals surface area contributed by atoms with Gasteiger partial charge in [-0.15, -0.1) is 21.5 Å². The Labute approximate surface area is 152 Å². The number of carbonyl (C=O) groups is 1. The molecule has 3 aromatic rings. The monoisotopic (exact) mass is 377 g/mol. The number of hydrogen-bond acceptors (Lipinski definition) is 6. The molecule has 1 atom stereocenters. The van der Waals surface area contributed by atoms with Crippen molar-refractivity contribution in [1.82, 2.24) is 20.2 Å². The van der Waals surface area contributed by atoms with E-state index in [0.29, 0.717) is 23.1 Å². The maximum atomic E-state index is 13.4. The van der Waals surface area contributed by atoms with Crippen LogP contribution in [0.4, 0.5) is 4.39 Å². The van der Waals surface area contributed by atoms with Crippen LogP contribution in [0.1, 0.15) is 11.8 Å². The van der Waals surface area contributed by atoms with Crippen LogP contribution in [0.25, 0.3) is 11.4 Å². The van der Waals surface area contributed by atoms with Crippen molar-refractivity contribution in [2.45, 2.75) is 23.9 Å². The predicted molar refractivity (Wildman–Crippen MR) is 97.1 cm³/mol. The van der Waals surface area contributed by atoms with Crippen molar-refractivity contribution in [2.75, 3.05) is 5.84 Å². The molecule has 2 heterocycles. The third-order valence-electron chi connectivity index (χ3n) is 3.42. The quantitative estimate of drug-likeness (QED) is 0.509. The van der Waals surface area contributed by atoms with Crippen molar-refractivity contribution in [2.24, 2.45) is 0 Å². The number of carbonyl (C=O) groups excluding carboxylic acids is 1. The zero-order valence-corrected chi connectivity index (χ0v) is 15.0. The molecule has 0 radical (unpaired) electrons. The molecule has 0 aliphatic carbocycles. The van der Waals surface area contributed by atoms with E-state index in [-0.39, 0.29) is 11.7 Å². The van der Waals surface area contributed by atoms with Crippen molar-refractivity contribution in [3.8, 4) is 11.4 Å². The summed E-state index contributed by atoms with van der Waals surface area (Å²) in [5.74, 6) is 5.85. The molecule has 0 saturated heterocycles. The molecule has 0 aliphatic rings. The summed E-state index contributed by atoms with van der Waals surface area (Å²) in [4.78, 5) is 13.3.